The summed E-state index contributed by atoms with van der Waals surface area (Å²) in [6.07, 6.45) is 1.64. The topological polar surface area (TPSA) is 75.8 Å². The second kappa shape index (κ2) is 8.04. The van der Waals surface area contributed by atoms with Crippen LogP contribution in [0.4, 0.5) is 11.4 Å². The van der Waals surface area contributed by atoms with Gasteiger partial charge < -0.3 is 0 Å². The number of amidine groups is 1. The average Bonchev–Trinajstić information content (AvgIpc) is 3.05. The van der Waals surface area contributed by atoms with Crippen LogP contribution in [0.15, 0.2) is 88.0 Å². The van der Waals surface area contributed by atoms with Crippen LogP contribution in [0.1, 0.15) is 16.7 Å². The maximum atomic E-state index is 13.3. The van der Waals surface area contributed by atoms with Gasteiger partial charge in [0, 0.05) is 22.2 Å². The minimum Gasteiger partial charge on any atom is -0.266 e. The third kappa shape index (κ3) is 3.92. The van der Waals surface area contributed by atoms with Gasteiger partial charge in [0.2, 0.25) is 0 Å². The molecule has 0 N–H and O–H groups in total. The van der Waals surface area contributed by atoms with Gasteiger partial charge in [-0.2, -0.15) is 0 Å². The van der Waals surface area contributed by atoms with E-state index in [1.165, 1.54) is 12.1 Å². The maximum absolute atomic E-state index is 13.3. The number of non-ortho nitro benzene ring substituents is 1. The fourth-order valence-corrected chi connectivity index (χ4v) is 3.50. The zero-order valence-electron chi connectivity index (χ0n) is 15.9. The van der Waals surface area contributed by atoms with E-state index in [0.29, 0.717) is 17.1 Å². The molecule has 3 aromatic rings. The van der Waals surface area contributed by atoms with Crippen molar-refractivity contribution in [2.45, 2.75) is 6.92 Å². The summed E-state index contributed by atoms with van der Waals surface area (Å²) in [5.41, 5.74) is 3.54. The van der Waals surface area contributed by atoms with Crippen molar-refractivity contribution in [2.75, 3.05) is 4.90 Å². The quantitative estimate of drug-likeness (QED) is 0.292. The Morgan fingerprint density at radius 2 is 1.73 bits per heavy atom. The Hall–Kier alpha value is -3.58. The van der Waals surface area contributed by atoms with E-state index < -0.39 is 4.92 Å². The van der Waals surface area contributed by atoms with Crippen molar-refractivity contribution < 1.29 is 9.72 Å². The van der Waals surface area contributed by atoms with Crippen LogP contribution >= 0.6 is 15.9 Å². The van der Waals surface area contributed by atoms with Crippen molar-refractivity contribution in [3.8, 4) is 0 Å². The standard InChI is InChI=1S/C23H16BrN3O3/c1-15-5-9-17(10-6-15)22-25-21(13-16-7-11-19(12-8-16)27(29)30)23(28)26(22)20-4-2-3-18(24)14-20/h2-14H,1H3/b21-13+. The van der Waals surface area contributed by atoms with Crippen LogP contribution in [0, 0.1) is 17.0 Å². The SMILES string of the molecule is Cc1ccc(C2=N/C(=C/c3ccc([N+](=O)[O-])cc3)C(=O)N2c2cccc(Br)c2)cc1. The Labute approximate surface area is 181 Å². The lowest BCUT2D eigenvalue weighted by Gasteiger charge is -2.19. The second-order valence-corrected chi connectivity index (χ2v) is 7.72. The molecular weight excluding hydrogens is 446 g/mol. The number of nitro groups is 1. The first-order chi connectivity index (χ1) is 14.4. The highest BCUT2D eigenvalue weighted by molar-refractivity contribution is 9.10. The molecule has 0 aromatic heterocycles. The fraction of sp³-hybridized carbons (Fsp3) is 0.0435. The molecule has 0 saturated heterocycles. The molecule has 0 fully saturated rings. The lowest BCUT2D eigenvalue weighted by Crippen LogP contribution is -2.32. The van der Waals surface area contributed by atoms with Crippen molar-refractivity contribution in [2.24, 2.45) is 4.99 Å². The van der Waals surface area contributed by atoms with Crippen LogP contribution in [0.2, 0.25) is 0 Å². The molecule has 3 aromatic carbocycles. The minimum absolute atomic E-state index is 0.00509. The van der Waals surface area contributed by atoms with Gasteiger partial charge in [-0.15, -0.1) is 0 Å². The van der Waals surface area contributed by atoms with Gasteiger partial charge in [-0.1, -0.05) is 51.8 Å². The molecule has 0 bridgehead atoms. The summed E-state index contributed by atoms with van der Waals surface area (Å²) in [5.74, 6) is 0.272. The highest BCUT2D eigenvalue weighted by Crippen LogP contribution is 2.30. The van der Waals surface area contributed by atoms with Gasteiger partial charge in [0.1, 0.15) is 11.5 Å². The molecule has 1 aliphatic rings. The lowest BCUT2D eigenvalue weighted by molar-refractivity contribution is -0.384. The van der Waals surface area contributed by atoms with Crippen LogP contribution in [0.25, 0.3) is 6.08 Å². The molecular formula is C23H16BrN3O3. The number of nitro benzene ring substituents is 1. The molecule has 4 rings (SSSR count). The Kier molecular flexibility index (Phi) is 5.29. The average molecular weight is 462 g/mol. The van der Waals surface area contributed by atoms with Gasteiger partial charge in [-0.25, -0.2) is 4.99 Å². The Balaban J connectivity index is 1.79. The molecule has 1 heterocycles. The van der Waals surface area contributed by atoms with Gasteiger partial charge in [0.05, 0.1) is 10.6 Å². The van der Waals surface area contributed by atoms with E-state index in [1.54, 1.807) is 23.1 Å². The highest BCUT2D eigenvalue weighted by Gasteiger charge is 2.32. The third-order valence-electron chi connectivity index (χ3n) is 4.64. The number of carbonyl (C=O) groups is 1. The molecule has 7 heteroatoms. The Bertz CT molecular complexity index is 1200. The fourth-order valence-electron chi connectivity index (χ4n) is 3.12. The zero-order chi connectivity index (χ0) is 21.3. The number of nitrogens with zero attached hydrogens (tertiary/aromatic N) is 3. The summed E-state index contributed by atoms with van der Waals surface area (Å²) in [6.45, 7) is 2.00. The van der Waals surface area contributed by atoms with Crippen LogP contribution in [0.5, 0.6) is 0 Å². The summed E-state index contributed by atoms with van der Waals surface area (Å²) in [6, 6.07) is 21.3. The van der Waals surface area contributed by atoms with E-state index in [9.17, 15) is 14.9 Å². The first-order valence-electron chi connectivity index (χ1n) is 9.14. The van der Waals surface area contributed by atoms with Gasteiger partial charge in [0.25, 0.3) is 11.6 Å². The van der Waals surface area contributed by atoms with Crippen LogP contribution in [-0.4, -0.2) is 16.7 Å². The van der Waals surface area contributed by atoms with Gasteiger partial charge in [-0.3, -0.25) is 19.8 Å². The van der Waals surface area contributed by atoms with Crippen molar-refractivity contribution in [3.63, 3.8) is 0 Å². The Morgan fingerprint density at radius 3 is 2.37 bits per heavy atom. The number of anilines is 1. The summed E-state index contributed by atoms with van der Waals surface area (Å²) in [7, 11) is 0. The first-order valence-corrected chi connectivity index (χ1v) is 9.93. The monoisotopic (exact) mass is 461 g/mol. The van der Waals surface area contributed by atoms with E-state index in [2.05, 4.69) is 20.9 Å². The van der Waals surface area contributed by atoms with Crippen molar-refractivity contribution in [1.82, 2.24) is 0 Å². The molecule has 0 aliphatic carbocycles. The molecule has 6 nitrogen and oxygen atoms in total. The number of rotatable bonds is 4. The zero-order valence-corrected chi connectivity index (χ0v) is 17.5. The minimum atomic E-state index is -0.458. The van der Waals surface area contributed by atoms with Crippen molar-refractivity contribution in [3.05, 3.63) is 110 Å². The predicted octanol–water partition coefficient (Wildman–Crippen LogP) is 5.50. The summed E-state index contributed by atoms with van der Waals surface area (Å²) >= 11 is 3.45. The number of benzene rings is 3. The number of hydrogen-bond donors (Lipinski definition) is 0. The molecule has 0 atom stereocenters. The third-order valence-corrected chi connectivity index (χ3v) is 5.14. The number of aliphatic imine (C=N–C) groups is 1. The summed E-state index contributed by atoms with van der Waals surface area (Å²) < 4.78 is 0.851. The van der Waals surface area contributed by atoms with Crippen molar-refractivity contribution in [1.29, 1.82) is 0 Å². The number of hydrogen-bond acceptors (Lipinski definition) is 4. The van der Waals surface area contributed by atoms with E-state index in [4.69, 9.17) is 0 Å². The highest BCUT2D eigenvalue weighted by atomic mass is 79.9. The second-order valence-electron chi connectivity index (χ2n) is 6.80. The molecule has 0 spiro atoms. The number of amides is 1. The van der Waals surface area contributed by atoms with Gasteiger partial charge in [-0.05, 0) is 48.9 Å². The van der Waals surface area contributed by atoms with Gasteiger partial charge >= 0.3 is 0 Å². The molecule has 0 unspecified atom stereocenters. The predicted molar refractivity (Wildman–Crippen MR) is 120 cm³/mol. The van der Waals surface area contributed by atoms with Crippen LogP contribution in [0.3, 0.4) is 0 Å². The molecule has 0 saturated carbocycles. The van der Waals surface area contributed by atoms with Gasteiger partial charge in [0.15, 0.2) is 0 Å². The largest absolute Gasteiger partial charge is 0.282 e. The molecule has 1 aliphatic heterocycles. The molecule has 148 valence electrons. The maximum Gasteiger partial charge on any atom is 0.282 e. The molecule has 30 heavy (non-hydrogen) atoms. The van der Waals surface area contributed by atoms with Crippen molar-refractivity contribution >= 4 is 45.1 Å². The number of carbonyl (C=O) groups excluding carboxylic acids is 1. The van der Waals surface area contributed by atoms with E-state index in [0.717, 1.165) is 15.6 Å². The van der Waals surface area contributed by atoms with E-state index in [1.807, 2.05) is 55.5 Å². The summed E-state index contributed by atoms with van der Waals surface area (Å²) in [5, 5.41) is 10.9. The smallest absolute Gasteiger partial charge is 0.266 e. The molecule has 0 radical (unpaired) electrons. The molecule has 1 amide bonds. The normalized spacial score (nSPS) is 14.9. The van der Waals surface area contributed by atoms with Crippen LogP contribution < -0.4 is 4.90 Å². The number of aryl methyl sites for hydroxylation is 1. The Morgan fingerprint density at radius 1 is 1.03 bits per heavy atom. The number of halogens is 1. The first kappa shape index (κ1) is 19.7. The lowest BCUT2D eigenvalue weighted by atomic mass is 10.1. The van der Waals surface area contributed by atoms with Crippen LogP contribution in [-0.2, 0) is 4.79 Å². The van der Waals surface area contributed by atoms with E-state index >= 15 is 0 Å². The van der Waals surface area contributed by atoms with E-state index in [-0.39, 0.29) is 17.3 Å². The summed E-state index contributed by atoms with van der Waals surface area (Å²) in [4.78, 5) is 29.9.